The molecule has 0 spiro atoms. The normalized spacial score (nSPS) is 16.6. The Kier molecular flexibility index (Phi) is 8.02. The first kappa shape index (κ1) is 23.0. The van der Waals surface area contributed by atoms with E-state index in [4.69, 9.17) is 14.2 Å². The highest BCUT2D eigenvalue weighted by atomic mass is 16.5. The number of carbonyl (C=O) groups is 4. The second-order valence-electron chi connectivity index (χ2n) is 6.88. The standard InChI is InChI=1S/C20H27N3O7/c1-5-12(2)21-20(27)22-17(24)11-30-19(26)13-8-18(25)23(10-13)15-7-6-14(28-3)9-16(15)29-4/h6-7,9,12-13H,5,8,10-11H2,1-4H3,(H2,21,22,24,27)/t12-,13-/m0/s1. The summed E-state index contributed by atoms with van der Waals surface area (Å²) < 4.78 is 15.4. The predicted molar refractivity (Wildman–Crippen MR) is 107 cm³/mol. The number of anilines is 1. The number of methoxy groups -OCH3 is 2. The van der Waals surface area contributed by atoms with E-state index < -0.39 is 30.4 Å². The van der Waals surface area contributed by atoms with Gasteiger partial charge in [0.1, 0.15) is 11.5 Å². The van der Waals surface area contributed by atoms with Crippen molar-refractivity contribution in [2.45, 2.75) is 32.7 Å². The lowest BCUT2D eigenvalue weighted by Gasteiger charge is -2.20. The number of nitrogens with zero attached hydrogens (tertiary/aromatic N) is 1. The van der Waals surface area contributed by atoms with Crippen LogP contribution in [0.3, 0.4) is 0 Å². The van der Waals surface area contributed by atoms with Crippen LogP contribution < -0.4 is 25.0 Å². The third-order valence-electron chi connectivity index (χ3n) is 4.72. The maximum Gasteiger partial charge on any atom is 0.321 e. The Labute approximate surface area is 174 Å². The molecule has 1 aliphatic rings. The molecule has 1 aliphatic heterocycles. The van der Waals surface area contributed by atoms with Crippen LogP contribution in [-0.4, -0.2) is 57.2 Å². The van der Waals surface area contributed by atoms with E-state index in [-0.39, 0.29) is 24.9 Å². The van der Waals surface area contributed by atoms with Gasteiger partial charge in [0, 0.05) is 25.1 Å². The lowest BCUT2D eigenvalue weighted by Crippen LogP contribution is -2.44. The van der Waals surface area contributed by atoms with Crippen LogP contribution in [0.1, 0.15) is 26.7 Å². The first-order valence-corrected chi connectivity index (χ1v) is 9.58. The Morgan fingerprint density at radius 3 is 2.60 bits per heavy atom. The molecule has 1 heterocycles. The molecule has 1 aromatic carbocycles. The third-order valence-corrected chi connectivity index (χ3v) is 4.72. The summed E-state index contributed by atoms with van der Waals surface area (Å²) in [6.07, 6.45) is 0.659. The van der Waals surface area contributed by atoms with Gasteiger partial charge in [0.05, 0.1) is 25.8 Å². The van der Waals surface area contributed by atoms with Crippen molar-refractivity contribution < 1.29 is 33.4 Å². The average Bonchev–Trinajstić information content (AvgIpc) is 3.12. The Bertz CT molecular complexity index is 812. The lowest BCUT2D eigenvalue weighted by atomic mass is 10.1. The van der Waals surface area contributed by atoms with E-state index >= 15 is 0 Å². The maximum atomic E-state index is 12.4. The molecule has 0 aliphatic carbocycles. The second kappa shape index (κ2) is 10.5. The van der Waals surface area contributed by atoms with Crippen molar-refractivity contribution in [3.05, 3.63) is 18.2 Å². The first-order chi connectivity index (χ1) is 14.3. The van der Waals surface area contributed by atoms with Gasteiger partial charge in [0.25, 0.3) is 5.91 Å². The van der Waals surface area contributed by atoms with Gasteiger partial charge in [-0.1, -0.05) is 6.92 Å². The van der Waals surface area contributed by atoms with Crippen LogP contribution in [0.25, 0.3) is 0 Å². The van der Waals surface area contributed by atoms with Crippen molar-refractivity contribution in [2.24, 2.45) is 5.92 Å². The molecule has 1 fully saturated rings. The zero-order valence-corrected chi connectivity index (χ0v) is 17.5. The summed E-state index contributed by atoms with van der Waals surface area (Å²) in [5.74, 6) is -1.42. The molecule has 0 unspecified atom stereocenters. The third kappa shape index (κ3) is 5.85. The van der Waals surface area contributed by atoms with E-state index in [2.05, 4.69) is 10.6 Å². The highest BCUT2D eigenvalue weighted by Crippen LogP contribution is 2.35. The Balaban J connectivity index is 1.91. The van der Waals surface area contributed by atoms with Crippen LogP contribution in [0.4, 0.5) is 10.5 Å². The lowest BCUT2D eigenvalue weighted by molar-refractivity contribution is -0.152. The smallest absolute Gasteiger partial charge is 0.321 e. The number of hydrogen-bond acceptors (Lipinski definition) is 7. The monoisotopic (exact) mass is 421 g/mol. The van der Waals surface area contributed by atoms with Gasteiger partial charge in [-0.25, -0.2) is 4.79 Å². The van der Waals surface area contributed by atoms with Crippen molar-refractivity contribution in [1.29, 1.82) is 0 Å². The van der Waals surface area contributed by atoms with Crippen LogP contribution in [0, 0.1) is 5.92 Å². The van der Waals surface area contributed by atoms with Crippen LogP contribution in [0.5, 0.6) is 11.5 Å². The average molecular weight is 421 g/mol. The summed E-state index contributed by atoms with van der Waals surface area (Å²) in [4.78, 5) is 49.6. The number of benzene rings is 1. The van der Waals surface area contributed by atoms with Gasteiger partial charge >= 0.3 is 12.0 Å². The molecule has 1 saturated heterocycles. The summed E-state index contributed by atoms with van der Waals surface area (Å²) in [6.45, 7) is 3.17. The van der Waals surface area contributed by atoms with E-state index in [0.29, 0.717) is 23.6 Å². The highest BCUT2D eigenvalue weighted by molar-refractivity contribution is 6.01. The van der Waals surface area contributed by atoms with Gasteiger partial charge in [-0.05, 0) is 25.5 Å². The molecular weight excluding hydrogens is 394 g/mol. The number of carbonyl (C=O) groups excluding carboxylic acids is 4. The Morgan fingerprint density at radius 1 is 1.23 bits per heavy atom. The topological polar surface area (TPSA) is 123 Å². The van der Waals surface area contributed by atoms with Crippen LogP contribution in [-0.2, 0) is 19.1 Å². The molecule has 0 aromatic heterocycles. The highest BCUT2D eigenvalue weighted by Gasteiger charge is 2.37. The molecule has 0 saturated carbocycles. The van der Waals surface area contributed by atoms with Gasteiger partial charge in [-0.15, -0.1) is 0 Å². The van der Waals surface area contributed by atoms with E-state index in [1.54, 1.807) is 25.1 Å². The fourth-order valence-corrected chi connectivity index (χ4v) is 2.89. The molecule has 2 N–H and O–H groups in total. The van der Waals surface area contributed by atoms with Crippen LogP contribution in [0.2, 0.25) is 0 Å². The number of esters is 1. The maximum absolute atomic E-state index is 12.4. The summed E-state index contributed by atoms with van der Waals surface area (Å²) in [5.41, 5.74) is 0.512. The van der Waals surface area contributed by atoms with Gasteiger partial charge in [0.2, 0.25) is 5.91 Å². The molecule has 30 heavy (non-hydrogen) atoms. The minimum absolute atomic E-state index is 0.0515. The summed E-state index contributed by atoms with van der Waals surface area (Å²) in [5, 5.41) is 4.66. The molecule has 2 rings (SSSR count). The summed E-state index contributed by atoms with van der Waals surface area (Å²) >= 11 is 0. The first-order valence-electron chi connectivity index (χ1n) is 9.58. The quantitative estimate of drug-likeness (QED) is 0.605. The Hall–Kier alpha value is -3.30. The molecule has 2 atom stereocenters. The van der Waals surface area contributed by atoms with Gasteiger partial charge in [0.15, 0.2) is 6.61 Å². The number of ether oxygens (including phenoxy) is 3. The largest absolute Gasteiger partial charge is 0.497 e. The molecule has 0 bridgehead atoms. The SMILES string of the molecule is CC[C@H](C)NC(=O)NC(=O)COC(=O)[C@H]1CC(=O)N(c2ccc(OC)cc2OC)C1. The molecule has 1 aromatic rings. The van der Waals surface area contributed by atoms with E-state index in [0.717, 1.165) is 0 Å². The van der Waals surface area contributed by atoms with Crippen molar-refractivity contribution in [2.75, 3.05) is 32.3 Å². The summed E-state index contributed by atoms with van der Waals surface area (Å²) in [7, 11) is 2.99. The van der Waals surface area contributed by atoms with Gasteiger partial charge in [-0.2, -0.15) is 0 Å². The van der Waals surface area contributed by atoms with E-state index in [1.165, 1.54) is 19.1 Å². The zero-order valence-electron chi connectivity index (χ0n) is 17.5. The molecule has 164 valence electrons. The van der Waals surface area contributed by atoms with Crippen LogP contribution in [0.15, 0.2) is 18.2 Å². The summed E-state index contributed by atoms with van der Waals surface area (Å²) in [6, 6.07) is 4.26. The van der Waals surface area contributed by atoms with Gasteiger partial charge < -0.3 is 24.4 Å². The molecule has 4 amide bonds. The van der Waals surface area contributed by atoms with Gasteiger partial charge in [-0.3, -0.25) is 19.7 Å². The molecule has 10 heteroatoms. The minimum Gasteiger partial charge on any atom is -0.497 e. The zero-order chi connectivity index (χ0) is 22.3. The molecular formula is C20H27N3O7. The van der Waals surface area contributed by atoms with Crippen molar-refractivity contribution in [3.8, 4) is 11.5 Å². The van der Waals surface area contributed by atoms with Crippen molar-refractivity contribution >= 4 is 29.5 Å². The molecule has 0 radical (unpaired) electrons. The fourth-order valence-electron chi connectivity index (χ4n) is 2.89. The van der Waals surface area contributed by atoms with E-state index in [1.807, 2.05) is 6.92 Å². The molecule has 10 nitrogen and oxygen atoms in total. The van der Waals surface area contributed by atoms with Crippen LogP contribution >= 0.6 is 0 Å². The van der Waals surface area contributed by atoms with Crippen molar-refractivity contribution in [1.82, 2.24) is 10.6 Å². The van der Waals surface area contributed by atoms with Crippen molar-refractivity contribution in [3.63, 3.8) is 0 Å². The second-order valence-corrected chi connectivity index (χ2v) is 6.88. The predicted octanol–water partition coefficient (Wildman–Crippen LogP) is 1.22. The Morgan fingerprint density at radius 2 is 1.97 bits per heavy atom. The number of imide groups is 1. The number of nitrogens with one attached hydrogen (secondary N) is 2. The fraction of sp³-hybridized carbons (Fsp3) is 0.500. The minimum atomic E-state index is -0.748. The number of rotatable bonds is 8. The number of urea groups is 1. The van der Waals surface area contributed by atoms with E-state index in [9.17, 15) is 19.2 Å². The number of amides is 4. The number of hydrogen-bond donors (Lipinski definition) is 2.